The molecule has 13 heavy (non-hydrogen) atoms. The minimum Gasteiger partial charge on any atom is -0.308 e. The number of imidazole rings is 1. The predicted molar refractivity (Wildman–Crippen MR) is 56.2 cm³/mol. The quantitative estimate of drug-likeness (QED) is 0.644. The summed E-state index contributed by atoms with van der Waals surface area (Å²) in [6, 6.07) is 0. The zero-order valence-corrected chi connectivity index (χ0v) is 8.07. The maximum Gasteiger partial charge on any atom is 0.109 e. The zero-order chi connectivity index (χ0) is 9.68. The molecule has 2 nitrogen and oxygen atoms in total. The van der Waals surface area contributed by atoms with E-state index in [1.54, 1.807) is 12.3 Å². The SMILES string of the molecule is C=C/C=C\C=C(/C)n1ccnc1C. The van der Waals surface area contributed by atoms with Gasteiger partial charge in [-0.25, -0.2) is 4.98 Å². The van der Waals surface area contributed by atoms with Crippen LogP contribution < -0.4 is 0 Å². The molecule has 1 aromatic heterocycles. The van der Waals surface area contributed by atoms with Crippen LogP contribution in [0.3, 0.4) is 0 Å². The molecule has 0 radical (unpaired) electrons. The van der Waals surface area contributed by atoms with E-state index in [1.165, 1.54) is 0 Å². The molecular formula is C11H14N2. The molecule has 0 aromatic carbocycles. The summed E-state index contributed by atoms with van der Waals surface area (Å²) in [5.74, 6) is 1.00. The van der Waals surface area contributed by atoms with Gasteiger partial charge in [0, 0.05) is 18.1 Å². The monoisotopic (exact) mass is 174 g/mol. The van der Waals surface area contributed by atoms with Gasteiger partial charge >= 0.3 is 0 Å². The fraction of sp³-hybridized carbons (Fsp3) is 0.182. The summed E-state index contributed by atoms with van der Waals surface area (Å²) in [4.78, 5) is 4.14. The lowest BCUT2D eigenvalue weighted by molar-refractivity contribution is 0.989. The van der Waals surface area contributed by atoms with E-state index in [4.69, 9.17) is 0 Å². The molecule has 0 atom stereocenters. The van der Waals surface area contributed by atoms with Gasteiger partial charge in [-0.3, -0.25) is 0 Å². The van der Waals surface area contributed by atoms with Crippen LogP contribution in [0.5, 0.6) is 0 Å². The summed E-state index contributed by atoms with van der Waals surface area (Å²) in [5.41, 5.74) is 1.15. The lowest BCUT2D eigenvalue weighted by Crippen LogP contribution is -1.93. The molecule has 1 heterocycles. The smallest absolute Gasteiger partial charge is 0.109 e. The Kier molecular flexibility index (Phi) is 3.26. The van der Waals surface area contributed by atoms with Crippen molar-refractivity contribution >= 4 is 5.70 Å². The van der Waals surface area contributed by atoms with Crippen LogP contribution in [0.15, 0.2) is 43.3 Å². The van der Waals surface area contributed by atoms with Crippen molar-refractivity contribution in [2.45, 2.75) is 13.8 Å². The second kappa shape index (κ2) is 4.45. The Morgan fingerprint density at radius 1 is 1.54 bits per heavy atom. The van der Waals surface area contributed by atoms with Crippen LogP contribution in [0.25, 0.3) is 5.70 Å². The Morgan fingerprint density at radius 2 is 2.31 bits per heavy atom. The van der Waals surface area contributed by atoms with Crippen molar-refractivity contribution < 1.29 is 0 Å². The van der Waals surface area contributed by atoms with Gasteiger partial charge in [-0.05, 0) is 19.9 Å². The van der Waals surface area contributed by atoms with Gasteiger partial charge in [0.05, 0.1) is 0 Å². The Hall–Kier alpha value is -1.57. The lowest BCUT2D eigenvalue weighted by Gasteiger charge is -2.02. The van der Waals surface area contributed by atoms with Crippen molar-refractivity contribution in [2.75, 3.05) is 0 Å². The highest BCUT2D eigenvalue weighted by Gasteiger charge is 1.95. The third-order valence-corrected chi connectivity index (χ3v) is 1.79. The first kappa shape index (κ1) is 9.52. The van der Waals surface area contributed by atoms with Gasteiger partial charge in [-0.1, -0.05) is 24.8 Å². The summed E-state index contributed by atoms with van der Waals surface area (Å²) in [6.45, 7) is 7.63. The molecule has 0 saturated carbocycles. The number of aromatic nitrogens is 2. The first-order chi connectivity index (χ1) is 6.25. The van der Waals surface area contributed by atoms with E-state index in [9.17, 15) is 0 Å². The fourth-order valence-corrected chi connectivity index (χ4v) is 1.10. The number of aryl methyl sites for hydroxylation is 1. The third kappa shape index (κ3) is 2.44. The average molecular weight is 174 g/mol. The molecule has 1 aromatic rings. The molecule has 1 rings (SSSR count). The topological polar surface area (TPSA) is 17.8 Å². The van der Waals surface area contributed by atoms with Gasteiger partial charge in [0.25, 0.3) is 0 Å². The van der Waals surface area contributed by atoms with Crippen molar-refractivity contribution in [1.82, 2.24) is 9.55 Å². The second-order valence-electron chi connectivity index (χ2n) is 2.77. The van der Waals surface area contributed by atoms with E-state index in [0.29, 0.717) is 0 Å². The number of hydrogen-bond donors (Lipinski definition) is 0. The van der Waals surface area contributed by atoms with E-state index in [1.807, 2.05) is 42.8 Å². The minimum absolute atomic E-state index is 1.00. The largest absolute Gasteiger partial charge is 0.308 e. The molecule has 0 aliphatic carbocycles. The summed E-state index contributed by atoms with van der Waals surface area (Å²) < 4.78 is 2.04. The highest BCUT2D eigenvalue weighted by Crippen LogP contribution is 2.06. The molecule has 0 aliphatic rings. The Bertz CT molecular complexity index is 343. The zero-order valence-electron chi connectivity index (χ0n) is 8.07. The van der Waals surface area contributed by atoms with Crippen LogP contribution >= 0.6 is 0 Å². The summed E-state index contributed by atoms with van der Waals surface area (Å²) in [6.07, 6.45) is 11.4. The molecule has 2 heteroatoms. The number of allylic oxidation sites excluding steroid dienone is 5. The van der Waals surface area contributed by atoms with Crippen LogP contribution in [0, 0.1) is 6.92 Å². The van der Waals surface area contributed by atoms with Crippen LogP contribution in [0.1, 0.15) is 12.7 Å². The molecule has 0 saturated heterocycles. The molecular weight excluding hydrogens is 160 g/mol. The van der Waals surface area contributed by atoms with Crippen LogP contribution in [0.2, 0.25) is 0 Å². The van der Waals surface area contributed by atoms with Crippen molar-refractivity contribution in [3.05, 3.63) is 49.1 Å². The number of hydrogen-bond acceptors (Lipinski definition) is 1. The van der Waals surface area contributed by atoms with Crippen molar-refractivity contribution in [3.63, 3.8) is 0 Å². The van der Waals surface area contributed by atoms with Gasteiger partial charge in [-0.2, -0.15) is 0 Å². The van der Waals surface area contributed by atoms with Gasteiger partial charge in [0.2, 0.25) is 0 Å². The number of nitrogens with zero attached hydrogens (tertiary/aromatic N) is 2. The van der Waals surface area contributed by atoms with E-state index in [-0.39, 0.29) is 0 Å². The summed E-state index contributed by atoms with van der Waals surface area (Å²) >= 11 is 0. The fourth-order valence-electron chi connectivity index (χ4n) is 1.10. The van der Waals surface area contributed by atoms with Crippen molar-refractivity contribution in [3.8, 4) is 0 Å². The van der Waals surface area contributed by atoms with E-state index < -0.39 is 0 Å². The number of rotatable bonds is 3. The molecule has 0 amide bonds. The molecule has 68 valence electrons. The Labute approximate surface area is 78.9 Å². The van der Waals surface area contributed by atoms with Crippen LogP contribution in [-0.4, -0.2) is 9.55 Å². The van der Waals surface area contributed by atoms with E-state index >= 15 is 0 Å². The van der Waals surface area contributed by atoms with Gasteiger partial charge in [0.15, 0.2) is 0 Å². The average Bonchev–Trinajstić information content (AvgIpc) is 2.52. The summed E-state index contributed by atoms with van der Waals surface area (Å²) in [5, 5.41) is 0. The van der Waals surface area contributed by atoms with Gasteiger partial charge in [0.1, 0.15) is 5.82 Å². The molecule has 0 bridgehead atoms. The van der Waals surface area contributed by atoms with E-state index in [0.717, 1.165) is 11.5 Å². The normalized spacial score (nSPS) is 12.3. The van der Waals surface area contributed by atoms with Gasteiger partial charge in [-0.15, -0.1) is 0 Å². The Balaban J connectivity index is 2.84. The van der Waals surface area contributed by atoms with Crippen LogP contribution in [0.4, 0.5) is 0 Å². The highest BCUT2D eigenvalue weighted by molar-refractivity contribution is 5.46. The van der Waals surface area contributed by atoms with E-state index in [2.05, 4.69) is 11.6 Å². The van der Waals surface area contributed by atoms with Crippen molar-refractivity contribution in [2.24, 2.45) is 0 Å². The lowest BCUT2D eigenvalue weighted by atomic mass is 10.4. The minimum atomic E-state index is 1.00. The molecule has 0 N–H and O–H groups in total. The second-order valence-corrected chi connectivity index (χ2v) is 2.77. The highest BCUT2D eigenvalue weighted by atomic mass is 15.1. The third-order valence-electron chi connectivity index (χ3n) is 1.79. The first-order valence-electron chi connectivity index (χ1n) is 4.22. The first-order valence-corrected chi connectivity index (χ1v) is 4.22. The molecule has 0 fully saturated rings. The standard InChI is InChI=1S/C11H14N2/c1-4-5-6-7-10(2)13-9-8-12-11(13)3/h4-9H,1H2,2-3H3/b6-5-,10-7+. The molecule has 0 aliphatic heterocycles. The van der Waals surface area contributed by atoms with Crippen LogP contribution in [-0.2, 0) is 0 Å². The maximum atomic E-state index is 4.14. The predicted octanol–water partition coefficient (Wildman–Crippen LogP) is 2.79. The summed E-state index contributed by atoms with van der Waals surface area (Å²) in [7, 11) is 0. The van der Waals surface area contributed by atoms with Gasteiger partial charge < -0.3 is 4.57 Å². The van der Waals surface area contributed by atoms with Crippen molar-refractivity contribution in [1.29, 1.82) is 0 Å². The molecule has 0 spiro atoms. The molecule has 0 unspecified atom stereocenters. The Morgan fingerprint density at radius 3 is 2.85 bits per heavy atom. The maximum absolute atomic E-state index is 4.14.